The minimum atomic E-state index is -4.41. The highest BCUT2D eigenvalue weighted by molar-refractivity contribution is 7.91. The van der Waals surface area contributed by atoms with Gasteiger partial charge in [-0.25, -0.2) is 8.42 Å². The number of alkyl halides is 3. The third-order valence-electron chi connectivity index (χ3n) is 6.34. The maximum absolute atomic E-state index is 13.1. The molecule has 0 aromatic heterocycles. The number of hydrogen-bond donors (Lipinski definition) is 2. The molecule has 0 fully saturated rings. The molecule has 0 saturated heterocycles. The zero-order valence-electron chi connectivity index (χ0n) is 20.5. The van der Waals surface area contributed by atoms with Crippen molar-refractivity contribution in [2.75, 3.05) is 30.4 Å². The Morgan fingerprint density at radius 1 is 1.08 bits per heavy atom. The molecule has 0 aliphatic carbocycles. The summed E-state index contributed by atoms with van der Waals surface area (Å²) in [5.41, 5.74) is 1.42. The van der Waals surface area contributed by atoms with Crippen LogP contribution in [0.2, 0.25) is 0 Å². The lowest BCUT2D eigenvalue weighted by Gasteiger charge is -2.32. The molecule has 1 heterocycles. The van der Waals surface area contributed by atoms with Crippen LogP contribution in [-0.4, -0.2) is 44.9 Å². The van der Waals surface area contributed by atoms with E-state index in [9.17, 15) is 31.5 Å². The number of rotatable bonds is 8. The predicted molar refractivity (Wildman–Crippen MR) is 136 cm³/mol. The number of halogens is 3. The molecule has 0 bridgehead atoms. The molecule has 3 aromatic carbocycles. The molecule has 0 radical (unpaired) electrons. The smallest absolute Gasteiger partial charge is 0.416 e. The number of aliphatic hydroxyl groups is 1. The summed E-state index contributed by atoms with van der Waals surface area (Å²) in [6.45, 7) is 2.33. The van der Waals surface area contributed by atoms with Gasteiger partial charge >= 0.3 is 6.18 Å². The highest BCUT2D eigenvalue weighted by Crippen LogP contribution is 2.34. The first kappa shape index (κ1) is 27.5. The van der Waals surface area contributed by atoms with Gasteiger partial charge in [0.1, 0.15) is 12.4 Å². The minimum Gasteiger partial charge on any atom is -0.490 e. The van der Waals surface area contributed by atoms with Crippen LogP contribution in [-0.2, 0) is 22.6 Å². The molecule has 1 atom stereocenters. The fraction of sp³-hybridized carbons (Fsp3) is 0.296. The first-order chi connectivity index (χ1) is 18.0. The molecule has 3 aromatic rings. The van der Waals surface area contributed by atoms with E-state index in [4.69, 9.17) is 4.74 Å². The van der Waals surface area contributed by atoms with E-state index in [0.29, 0.717) is 47.8 Å². The number of amides is 1. The van der Waals surface area contributed by atoms with E-state index in [1.807, 2.05) is 4.90 Å². The molecule has 11 heteroatoms. The molecular formula is C27H27F3N2O5S. The largest absolute Gasteiger partial charge is 0.490 e. The van der Waals surface area contributed by atoms with Gasteiger partial charge in [0.2, 0.25) is 0 Å². The third-order valence-corrected chi connectivity index (χ3v) is 8.10. The maximum Gasteiger partial charge on any atom is 0.416 e. The molecule has 38 heavy (non-hydrogen) atoms. The summed E-state index contributed by atoms with van der Waals surface area (Å²) in [6, 6.07) is 15.0. The number of anilines is 1. The van der Waals surface area contributed by atoms with Crippen molar-refractivity contribution >= 4 is 21.4 Å². The summed E-state index contributed by atoms with van der Waals surface area (Å²) in [7, 11) is -3.38. The minimum absolute atomic E-state index is 0.0373. The van der Waals surface area contributed by atoms with Gasteiger partial charge in [0.05, 0.1) is 41.1 Å². The second kappa shape index (κ2) is 11.0. The van der Waals surface area contributed by atoms with Crippen LogP contribution in [0.15, 0.2) is 71.6 Å². The summed E-state index contributed by atoms with van der Waals surface area (Å²) in [5, 5.41) is 12.6. The Balaban J connectivity index is 1.51. The van der Waals surface area contributed by atoms with Crippen molar-refractivity contribution in [1.29, 1.82) is 0 Å². The monoisotopic (exact) mass is 548 g/mol. The maximum atomic E-state index is 13.1. The van der Waals surface area contributed by atoms with Crippen LogP contribution in [0, 0.1) is 0 Å². The average molecular weight is 549 g/mol. The molecule has 2 N–H and O–H groups in total. The van der Waals surface area contributed by atoms with Crippen molar-refractivity contribution in [3.63, 3.8) is 0 Å². The molecule has 7 nitrogen and oxygen atoms in total. The van der Waals surface area contributed by atoms with Crippen molar-refractivity contribution in [1.82, 2.24) is 5.32 Å². The molecule has 0 spiro atoms. The van der Waals surface area contributed by atoms with Crippen LogP contribution < -0.4 is 15.0 Å². The van der Waals surface area contributed by atoms with E-state index >= 15 is 0 Å². The molecule has 1 amide bonds. The number of nitrogens with one attached hydrogen (secondary N) is 1. The van der Waals surface area contributed by atoms with Gasteiger partial charge in [0, 0.05) is 12.1 Å². The van der Waals surface area contributed by atoms with Gasteiger partial charge in [0.15, 0.2) is 9.84 Å². The Bertz CT molecular complexity index is 1390. The van der Waals surface area contributed by atoms with Gasteiger partial charge in [-0.2, -0.15) is 13.2 Å². The number of carbonyl (C=O) groups is 1. The number of nitrogens with zero attached hydrogens (tertiary/aromatic N) is 1. The van der Waals surface area contributed by atoms with Crippen LogP contribution >= 0.6 is 0 Å². The molecule has 1 unspecified atom stereocenters. The van der Waals surface area contributed by atoms with Gasteiger partial charge in [0.25, 0.3) is 5.91 Å². The molecule has 1 aliphatic rings. The van der Waals surface area contributed by atoms with Crippen molar-refractivity contribution in [2.24, 2.45) is 0 Å². The molecule has 1 aliphatic heterocycles. The standard InChI is InChI=1S/C27H27F3N2O5S/c1-2-38(35,36)22-10-5-19(6-11-22)23(17-33)31-26(34)20-7-12-25-24(15-20)32(13-14-37-25)16-18-3-8-21(9-4-18)27(28,29)30/h3-12,15,23,33H,2,13-14,16-17H2,1H3,(H,31,34). The number of carbonyl (C=O) groups excluding carboxylic acids is 1. The first-order valence-electron chi connectivity index (χ1n) is 11.9. The zero-order valence-corrected chi connectivity index (χ0v) is 21.3. The summed E-state index contributed by atoms with van der Waals surface area (Å²) in [4.78, 5) is 15.1. The number of aliphatic hydroxyl groups excluding tert-OH is 1. The molecule has 0 saturated carbocycles. The summed E-state index contributed by atoms with van der Waals surface area (Å²) in [5.74, 6) is 0.0491. The van der Waals surface area contributed by atoms with Gasteiger partial charge < -0.3 is 20.1 Å². The van der Waals surface area contributed by atoms with E-state index in [0.717, 1.165) is 12.1 Å². The van der Waals surface area contributed by atoms with E-state index in [1.165, 1.54) is 24.3 Å². The highest BCUT2D eigenvalue weighted by Gasteiger charge is 2.30. The summed E-state index contributed by atoms with van der Waals surface area (Å²) >= 11 is 0. The Morgan fingerprint density at radius 2 is 1.76 bits per heavy atom. The highest BCUT2D eigenvalue weighted by atomic mass is 32.2. The van der Waals surface area contributed by atoms with Gasteiger partial charge in [-0.15, -0.1) is 0 Å². The van der Waals surface area contributed by atoms with E-state index in [-0.39, 0.29) is 10.6 Å². The normalized spacial score (nSPS) is 14.4. The SMILES string of the molecule is CCS(=O)(=O)c1ccc(C(CO)NC(=O)c2ccc3c(c2)N(Cc2ccc(C(F)(F)F)cc2)CCO3)cc1. The van der Waals surface area contributed by atoms with Gasteiger partial charge in [-0.05, 0) is 53.6 Å². The van der Waals surface area contributed by atoms with E-state index < -0.39 is 40.1 Å². The van der Waals surface area contributed by atoms with E-state index in [1.54, 1.807) is 37.3 Å². The van der Waals surface area contributed by atoms with Crippen LogP contribution in [0.4, 0.5) is 18.9 Å². The number of hydrogen-bond acceptors (Lipinski definition) is 6. The lowest BCUT2D eigenvalue weighted by atomic mass is 10.1. The molecule has 4 rings (SSSR count). The van der Waals surface area contributed by atoms with Crippen molar-refractivity contribution in [3.05, 3.63) is 89.0 Å². The number of sulfone groups is 1. The van der Waals surface area contributed by atoms with Gasteiger partial charge in [-0.3, -0.25) is 4.79 Å². The van der Waals surface area contributed by atoms with Crippen molar-refractivity contribution in [2.45, 2.75) is 30.6 Å². The van der Waals surface area contributed by atoms with Crippen molar-refractivity contribution in [3.8, 4) is 5.75 Å². The topological polar surface area (TPSA) is 95.9 Å². The fourth-order valence-electron chi connectivity index (χ4n) is 4.15. The van der Waals surface area contributed by atoms with Crippen LogP contribution in [0.5, 0.6) is 5.75 Å². The fourth-order valence-corrected chi connectivity index (χ4v) is 5.03. The summed E-state index contributed by atoms with van der Waals surface area (Å²) < 4.78 is 68.5. The third kappa shape index (κ3) is 6.11. The quantitative estimate of drug-likeness (QED) is 0.434. The lowest BCUT2D eigenvalue weighted by molar-refractivity contribution is -0.137. The van der Waals surface area contributed by atoms with E-state index in [2.05, 4.69) is 5.32 Å². The Kier molecular flexibility index (Phi) is 7.98. The number of ether oxygens (including phenoxy) is 1. The van der Waals surface area contributed by atoms with Gasteiger partial charge in [-0.1, -0.05) is 31.2 Å². The molecule has 202 valence electrons. The Morgan fingerprint density at radius 3 is 2.37 bits per heavy atom. The molecular weight excluding hydrogens is 521 g/mol. The van der Waals surface area contributed by atoms with Crippen molar-refractivity contribution < 1.29 is 36.2 Å². The Labute approximate surface area is 218 Å². The second-order valence-corrected chi connectivity index (χ2v) is 11.1. The Hall–Kier alpha value is -3.57. The average Bonchev–Trinajstić information content (AvgIpc) is 2.91. The zero-order chi connectivity index (χ0) is 27.5. The lowest BCUT2D eigenvalue weighted by Crippen LogP contribution is -2.33. The van der Waals surface area contributed by atoms with Crippen LogP contribution in [0.25, 0.3) is 0 Å². The number of fused-ring (bicyclic) bond motifs is 1. The first-order valence-corrected chi connectivity index (χ1v) is 13.6. The van der Waals surface area contributed by atoms with Crippen LogP contribution in [0.3, 0.4) is 0 Å². The second-order valence-electron chi connectivity index (χ2n) is 8.83. The number of benzene rings is 3. The summed E-state index contributed by atoms with van der Waals surface area (Å²) in [6.07, 6.45) is -4.41. The predicted octanol–water partition coefficient (Wildman–Crippen LogP) is 4.36. The van der Waals surface area contributed by atoms with Crippen LogP contribution in [0.1, 0.15) is 40.0 Å².